The van der Waals surface area contributed by atoms with Crippen molar-refractivity contribution in [3.8, 4) is 5.75 Å². The van der Waals surface area contributed by atoms with Gasteiger partial charge in [-0.3, -0.25) is 9.89 Å². The molecule has 0 spiro atoms. The van der Waals surface area contributed by atoms with Gasteiger partial charge in [0, 0.05) is 0 Å². The molecule has 0 saturated carbocycles. The molecular formula is C10H9N5O2. The van der Waals surface area contributed by atoms with E-state index in [4.69, 9.17) is 5.11 Å². The van der Waals surface area contributed by atoms with E-state index in [0.29, 0.717) is 0 Å². The van der Waals surface area contributed by atoms with Gasteiger partial charge in [-0.2, -0.15) is 10.2 Å². The van der Waals surface area contributed by atoms with Crippen molar-refractivity contribution in [1.29, 1.82) is 0 Å². The van der Waals surface area contributed by atoms with E-state index in [-0.39, 0.29) is 11.6 Å². The molecule has 1 aromatic carbocycles. The van der Waals surface area contributed by atoms with Crippen LogP contribution in [0.2, 0.25) is 0 Å². The number of hydrazone groups is 1. The van der Waals surface area contributed by atoms with Gasteiger partial charge in [-0.05, 0) is 29.8 Å². The maximum atomic E-state index is 11.4. The van der Waals surface area contributed by atoms with E-state index < -0.39 is 5.91 Å². The summed E-state index contributed by atoms with van der Waals surface area (Å²) >= 11 is 0. The maximum Gasteiger partial charge on any atom is 0.308 e. The van der Waals surface area contributed by atoms with Crippen molar-refractivity contribution >= 4 is 12.1 Å². The van der Waals surface area contributed by atoms with Crippen LogP contribution in [0.25, 0.3) is 0 Å². The van der Waals surface area contributed by atoms with Crippen molar-refractivity contribution in [3.63, 3.8) is 0 Å². The molecule has 3 N–H and O–H groups in total. The number of phenolic OH excluding ortho intramolecular Hbond substituents is 1. The van der Waals surface area contributed by atoms with E-state index in [1.54, 1.807) is 12.1 Å². The van der Waals surface area contributed by atoms with E-state index >= 15 is 0 Å². The molecule has 0 bridgehead atoms. The van der Waals surface area contributed by atoms with Gasteiger partial charge >= 0.3 is 5.91 Å². The summed E-state index contributed by atoms with van der Waals surface area (Å²) in [6.07, 6.45) is 2.69. The van der Waals surface area contributed by atoms with Crippen LogP contribution in [0.15, 0.2) is 35.7 Å². The first-order chi connectivity index (χ1) is 8.25. The van der Waals surface area contributed by atoms with Gasteiger partial charge in [0.1, 0.15) is 12.1 Å². The average Bonchev–Trinajstić information content (AvgIpc) is 2.85. The number of hydrogen-bond donors (Lipinski definition) is 3. The van der Waals surface area contributed by atoms with Crippen molar-refractivity contribution in [2.45, 2.75) is 0 Å². The average molecular weight is 231 g/mol. The van der Waals surface area contributed by atoms with Gasteiger partial charge in [-0.1, -0.05) is 0 Å². The van der Waals surface area contributed by atoms with E-state index in [1.807, 2.05) is 0 Å². The number of carbonyl (C=O) groups is 1. The van der Waals surface area contributed by atoms with Gasteiger partial charge in [0.05, 0.1) is 6.21 Å². The van der Waals surface area contributed by atoms with Crippen LogP contribution in [0.1, 0.15) is 16.2 Å². The molecule has 0 saturated heterocycles. The van der Waals surface area contributed by atoms with Crippen LogP contribution in [0.4, 0.5) is 0 Å². The fraction of sp³-hybridized carbons (Fsp3) is 0. The first kappa shape index (κ1) is 10.8. The number of rotatable bonds is 3. The molecule has 1 amide bonds. The summed E-state index contributed by atoms with van der Waals surface area (Å²) in [5, 5.41) is 18.8. The largest absolute Gasteiger partial charge is 0.508 e. The number of amides is 1. The van der Waals surface area contributed by atoms with Gasteiger partial charge in [0.2, 0.25) is 5.82 Å². The third-order valence-corrected chi connectivity index (χ3v) is 1.90. The quantitative estimate of drug-likeness (QED) is 0.521. The smallest absolute Gasteiger partial charge is 0.308 e. The molecule has 86 valence electrons. The lowest BCUT2D eigenvalue weighted by Gasteiger charge is -1.95. The van der Waals surface area contributed by atoms with Crippen molar-refractivity contribution in [1.82, 2.24) is 20.6 Å². The molecule has 0 aliphatic heterocycles. The predicted octanol–water partition coefficient (Wildman–Crippen LogP) is 0.274. The molecule has 2 rings (SSSR count). The first-order valence-electron chi connectivity index (χ1n) is 4.73. The normalized spacial score (nSPS) is 10.6. The van der Waals surface area contributed by atoms with Crippen LogP contribution in [0, 0.1) is 0 Å². The summed E-state index contributed by atoms with van der Waals surface area (Å²) in [6.45, 7) is 0. The van der Waals surface area contributed by atoms with Crippen LogP contribution in [-0.2, 0) is 0 Å². The summed E-state index contributed by atoms with van der Waals surface area (Å²) in [5.74, 6) is -0.210. The highest BCUT2D eigenvalue weighted by Crippen LogP contribution is 2.07. The highest BCUT2D eigenvalue weighted by atomic mass is 16.3. The fourth-order valence-electron chi connectivity index (χ4n) is 1.09. The summed E-state index contributed by atoms with van der Waals surface area (Å²) in [4.78, 5) is 15.0. The van der Waals surface area contributed by atoms with Crippen LogP contribution in [0.3, 0.4) is 0 Å². The lowest BCUT2D eigenvalue weighted by Crippen LogP contribution is -2.19. The molecule has 0 fully saturated rings. The number of aromatic hydroxyl groups is 1. The summed E-state index contributed by atoms with van der Waals surface area (Å²) in [7, 11) is 0. The summed E-state index contributed by atoms with van der Waals surface area (Å²) in [6, 6.07) is 6.39. The molecule has 2 aromatic rings. The third kappa shape index (κ3) is 2.88. The van der Waals surface area contributed by atoms with E-state index in [0.717, 1.165) is 5.56 Å². The van der Waals surface area contributed by atoms with Crippen LogP contribution in [0.5, 0.6) is 5.75 Å². The van der Waals surface area contributed by atoms with E-state index in [1.165, 1.54) is 24.7 Å². The van der Waals surface area contributed by atoms with Crippen molar-refractivity contribution < 1.29 is 9.90 Å². The molecule has 1 aromatic heterocycles. The van der Waals surface area contributed by atoms with Gasteiger partial charge in [0.15, 0.2) is 0 Å². The highest BCUT2D eigenvalue weighted by molar-refractivity contribution is 5.91. The van der Waals surface area contributed by atoms with Crippen LogP contribution >= 0.6 is 0 Å². The van der Waals surface area contributed by atoms with Crippen LogP contribution < -0.4 is 5.43 Å². The third-order valence-electron chi connectivity index (χ3n) is 1.90. The zero-order chi connectivity index (χ0) is 12.1. The van der Waals surface area contributed by atoms with E-state index in [2.05, 4.69) is 25.7 Å². The number of aromatic amines is 1. The Morgan fingerprint density at radius 1 is 1.41 bits per heavy atom. The Labute approximate surface area is 96.2 Å². The number of benzene rings is 1. The topological polar surface area (TPSA) is 103 Å². The molecule has 0 atom stereocenters. The zero-order valence-corrected chi connectivity index (χ0v) is 8.66. The van der Waals surface area contributed by atoms with E-state index in [9.17, 15) is 4.79 Å². The molecule has 0 unspecified atom stereocenters. The molecule has 7 heteroatoms. The minimum atomic E-state index is -0.475. The second-order valence-corrected chi connectivity index (χ2v) is 3.12. The van der Waals surface area contributed by atoms with Gasteiger partial charge < -0.3 is 5.11 Å². The monoisotopic (exact) mass is 231 g/mol. The number of aromatic nitrogens is 3. The van der Waals surface area contributed by atoms with Crippen LogP contribution in [-0.4, -0.2) is 32.4 Å². The van der Waals surface area contributed by atoms with Gasteiger partial charge in [-0.25, -0.2) is 10.4 Å². The molecule has 17 heavy (non-hydrogen) atoms. The molecular weight excluding hydrogens is 222 g/mol. The zero-order valence-electron chi connectivity index (χ0n) is 8.66. The minimum absolute atomic E-state index is 0.0906. The lowest BCUT2D eigenvalue weighted by molar-refractivity contribution is 0.0945. The highest BCUT2D eigenvalue weighted by Gasteiger charge is 2.05. The Hall–Kier alpha value is -2.70. The van der Waals surface area contributed by atoms with Gasteiger partial charge in [-0.15, -0.1) is 0 Å². The fourth-order valence-corrected chi connectivity index (χ4v) is 1.09. The number of nitrogens with zero attached hydrogens (tertiary/aromatic N) is 3. The molecule has 0 aliphatic rings. The Bertz CT molecular complexity index is 518. The predicted molar refractivity (Wildman–Crippen MR) is 59.5 cm³/mol. The second kappa shape index (κ2) is 4.88. The number of carbonyl (C=O) groups excluding carboxylic acids is 1. The first-order valence-corrected chi connectivity index (χ1v) is 4.73. The Kier molecular flexibility index (Phi) is 3.10. The Morgan fingerprint density at radius 3 is 2.82 bits per heavy atom. The van der Waals surface area contributed by atoms with Gasteiger partial charge in [0.25, 0.3) is 0 Å². The number of phenols is 1. The SMILES string of the molecule is O=C(N/N=C\c1ccc(O)cc1)c1ncn[nH]1. The van der Waals surface area contributed by atoms with Crippen molar-refractivity contribution in [3.05, 3.63) is 42.0 Å². The van der Waals surface area contributed by atoms with Crippen molar-refractivity contribution in [2.24, 2.45) is 5.10 Å². The Balaban J connectivity index is 1.94. The standard InChI is InChI=1S/C10H9N5O2/c16-8-3-1-7(2-4-8)5-12-15-10(17)9-11-6-13-14-9/h1-6,16H,(H,15,17)(H,11,13,14)/b12-5-. The lowest BCUT2D eigenvalue weighted by atomic mass is 10.2. The maximum absolute atomic E-state index is 11.4. The molecule has 7 nitrogen and oxygen atoms in total. The number of H-pyrrole nitrogens is 1. The number of nitrogens with one attached hydrogen (secondary N) is 2. The molecule has 1 heterocycles. The number of hydrogen-bond acceptors (Lipinski definition) is 5. The summed E-state index contributed by atoms with van der Waals surface area (Å²) in [5.41, 5.74) is 3.03. The summed E-state index contributed by atoms with van der Waals surface area (Å²) < 4.78 is 0. The molecule has 0 radical (unpaired) electrons. The second-order valence-electron chi connectivity index (χ2n) is 3.12. The minimum Gasteiger partial charge on any atom is -0.508 e. The molecule has 0 aliphatic carbocycles. The van der Waals surface area contributed by atoms with Crippen molar-refractivity contribution in [2.75, 3.05) is 0 Å². The Morgan fingerprint density at radius 2 is 2.18 bits per heavy atom.